The summed E-state index contributed by atoms with van der Waals surface area (Å²) >= 11 is -1.51. The minimum atomic E-state index is -2.71. The number of benzene rings is 1. The van der Waals surface area contributed by atoms with Gasteiger partial charge >= 0.3 is 0 Å². The Labute approximate surface area is 210 Å². The third-order valence-corrected chi connectivity index (χ3v) is 8.01. The highest BCUT2D eigenvalue weighted by molar-refractivity contribution is 7.91. The fourth-order valence-electron chi connectivity index (χ4n) is 3.60. The van der Waals surface area contributed by atoms with Gasteiger partial charge in [0.25, 0.3) is 11.5 Å². The lowest BCUT2D eigenvalue weighted by atomic mass is 10.0. The Hall–Kier alpha value is -2.22. The van der Waals surface area contributed by atoms with Crippen LogP contribution in [0.15, 0.2) is 21.3 Å². The number of anilines is 1. The van der Waals surface area contributed by atoms with E-state index in [2.05, 4.69) is 35.5 Å². The number of alkyl halides is 2. The van der Waals surface area contributed by atoms with Gasteiger partial charge in [0.05, 0.1) is 16.6 Å². The lowest BCUT2D eigenvalue weighted by molar-refractivity contribution is -0.0223. The Morgan fingerprint density at radius 1 is 1.23 bits per heavy atom. The summed E-state index contributed by atoms with van der Waals surface area (Å²) in [6, 6.07) is 3.55. The molecule has 0 amide bonds. The molecule has 35 heavy (non-hydrogen) atoms. The van der Waals surface area contributed by atoms with Crippen molar-refractivity contribution in [3.63, 3.8) is 0 Å². The van der Waals surface area contributed by atoms with E-state index >= 15 is 0 Å². The number of halogens is 2. The number of hydrogen-bond donors (Lipinski definition) is 0. The smallest absolute Gasteiger partial charge is 0.262 e. The molecule has 1 saturated heterocycles. The molecule has 3 rings (SSSR count). The van der Waals surface area contributed by atoms with Crippen LogP contribution in [0.2, 0.25) is 19.6 Å². The molecule has 6 nitrogen and oxygen atoms in total. The van der Waals surface area contributed by atoms with Gasteiger partial charge in [0, 0.05) is 44.1 Å². The van der Waals surface area contributed by atoms with E-state index < -0.39 is 30.1 Å². The van der Waals surface area contributed by atoms with Gasteiger partial charge in [0.2, 0.25) is 5.95 Å². The van der Waals surface area contributed by atoms with Crippen LogP contribution in [0.25, 0.3) is 10.9 Å². The summed E-state index contributed by atoms with van der Waals surface area (Å²) in [5.41, 5.74) is 5.16. The first-order valence-electron chi connectivity index (χ1n) is 11.7. The van der Waals surface area contributed by atoms with Crippen molar-refractivity contribution in [3.8, 4) is 11.5 Å². The van der Waals surface area contributed by atoms with E-state index in [9.17, 15) is 18.1 Å². The fraction of sp³-hybridized carbons (Fsp3) is 0.560. The molecule has 0 radical (unpaired) electrons. The Bertz CT molecular complexity index is 1270. The predicted molar refractivity (Wildman–Crippen MR) is 144 cm³/mol. The van der Waals surface area contributed by atoms with Gasteiger partial charge in [-0.15, -0.1) is 5.54 Å². The normalized spacial score (nSPS) is 17.8. The highest BCUT2D eigenvalue weighted by Gasteiger charge is 2.35. The molecule has 0 aliphatic carbocycles. The summed E-state index contributed by atoms with van der Waals surface area (Å²) in [7, 11) is -0.0741. The molecule has 0 N–H and O–H groups in total. The summed E-state index contributed by atoms with van der Waals surface area (Å²) in [6.45, 7) is 13.9. The zero-order valence-corrected chi connectivity index (χ0v) is 23.6. The third-order valence-electron chi connectivity index (χ3n) is 5.65. The Morgan fingerprint density at radius 3 is 2.37 bits per heavy atom. The average Bonchev–Trinajstić information content (AvgIpc) is 2.73. The number of nitrogens with zero attached hydrogens (tertiary/aromatic N) is 4. The van der Waals surface area contributed by atoms with Crippen molar-refractivity contribution in [1.82, 2.24) is 9.55 Å². The van der Waals surface area contributed by atoms with Crippen molar-refractivity contribution in [2.75, 3.05) is 18.0 Å². The summed E-state index contributed by atoms with van der Waals surface area (Å²) < 4.78 is 45.5. The van der Waals surface area contributed by atoms with Crippen molar-refractivity contribution in [3.05, 3.63) is 33.6 Å². The van der Waals surface area contributed by atoms with Gasteiger partial charge in [-0.1, -0.05) is 30.0 Å². The van der Waals surface area contributed by atoms with Crippen LogP contribution < -0.4 is 10.5 Å². The van der Waals surface area contributed by atoms with Crippen LogP contribution >= 0.6 is 0 Å². The van der Waals surface area contributed by atoms with Gasteiger partial charge in [-0.05, 0) is 39.8 Å². The molecule has 1 unspecified atom stereocenters. The quantitative estimate of drug-likeness (QED) is 0.255. The van der Waals surface area contributed by atoms with E-state index in [1.54, 1.807) is 24.9 Å². The second kappa shape index (κ2) is 9.68. The van der Waals surface area contributed by atoms with Crippen molar-refractivity contribution in [2.24, 2.45) is 11.4 Å². The molecule has 1 aliphatic heterocycles. The summed E-state index contributed by atoms with van der Waals surface area (Å²) in [6.07, 6.45) is -0.575. The van der Waals surface area contributed by atoms with E-state index in [1.807, 2.05) is 26.8 Å². The molecule has 0 bridgehead atoms. The van der Waals surface area contributed by atoms with Gasteiger partial charge in [-0.2, -0.15) is 0 Å². The second-order valence-corrected chi connectivity index (χ2v) is 17.7. The number of rotatable bonds is 3. The highest BCUT2D eigenvalue weighted by atomic mass is 32.2. The molecule has 10 heteroatoms. The minimum Gasteiger partial charge on any atom is -0.591 e. The molecule has 0 spiro atoms. The molecule has 1 aliphatic rings. The standard InChI is InChI=1S/C25H34F2N4O2SSi/c1-17(29-34(33)24(2,3)4)19-15-18(9-14-35(6,7)8)16-20-21(19)28-23(30(5)22(20)32)31-12-10-25(26,27)11-13-31/h15-16H,10-13H2,1-8H3. The van der Waals surface area contributed by atoms with E-state index in [-0.39, 0.29) is 31.5 Å². The number of piperidine rings is 1. The largest absolute Gasteiger partial charge is 0.591 e. The van der Waals surface area contributed by atoms with Gasteiger partial charge < -0.3 is 9.45 Å². The number of fused-ring (bicyclic) bond motifs is 1. The van der Waals surface area contributed by atoms with Crippen LogP contribution in [0.5, 0.6) is 0 Å². The minimum absolute atomic E-state index is 0.106. The average molecular weight is 521 g/mol. The van der Waals surface area contributed by atoms with E-state index in [1.165, 1.54) is 4.57 Å². The SMILES string of the molecule is CC(=N[S+]([O-])C(C)(C)C)c1cc(C#C[Si](C)(C)C)cc2c(=O)n(C)c(N3CCC(F)(F)CC3)nc12. The first-order valence-corrected chi connectivity index (χ1v) is 16.3. The highest BCUT2D eigenvalue weighted by Crippen LogP contribution is 2.30. The Morgan fingerprint density at radius 2 is 1.83 bits per heavy atom. The van der Waals surface area contributed by atoms with Crippen LogP contribution in [0.1, 0.15) is 51.7 Å². The molecule has 190 valence electrons. The molecule has 2 heterocycles. The van der Waals surface area contributed by atoms with Gasteiger partial charge in [0.15, 0.2) is 0 Å². The van der Waals surface area contributed by atoms with Gasteiger partial charge in [-0.25, -0.2) is 13.8 Å². The molecule has 1 fully saturated rings. The zero-order chi connectivity index (χ0) is 26.3. The molecule has 1 aromatic carbocycles. The van der Waals surface area contributed by atoms with Crippen molar-refractivity contribution in [1.29, 1.82) is 0 Å². The zero-order valence-electron chi connectivity index (χ0n) is 21.8. The fourth-order valence-corrected chi connectivity index (χ4v) is 4.74. The molecular formula is C25H34F2N4O2SSi. The lowest BCUT2D eigenvalue weighted by Crippen LogP contribution is -2.42. The van der Waals surface area contributed by atoms with Crippen LogP contribution in [0, 0.1) is 11.5 Å². The van der Waals surface area contributed by atoms with E-state index in [0.717, 1.165) is 0 Å². The van der Waals surface area contributed by atoms with E-state index in [4.69, 9.17) is 4.98 Å². The van der Waals surface area contributed by atoms with E-state index in [0.29, 0.717) is 33.7 Å². The maximum atomic E-state index is 13.7. The summed E-state index contributed by atoms with van der Waals surface area (Å²) in [5, 5.41) is 0.368. The monoisotopic (exact) mass is 520 g/mol. The molecule has 1 atom stereocenters. The summed E-state index contributed by atoms with van der Waals surface area (Å²) in [5.74, 6) is 0.832. The third kappa shape index (κ3) is 6.51. The topological polar surface area (TPSA) is 73.6 Å². The molecular weight excluding hydrogens is 486 g/mol. The number of hydrogen-bond acceptors (Lipinski definition) is 5. The van der Waals surface area contributed by atoms with Crippen molar-refractivity contribution in [2.45, 2.75) is 70.8 Å². The first kappa shape index (κ1) is 27.4. The summed E-state index contributed by atoms with van der Waals surface area (Å²) in [4.78, 5) is 19.9. The Balaban J connectivity index is 2.26. The van der Waals surface area contributed by atoms with Crippen molar-refractivity contribution < 1.29 is 13.3 Å². The maximum absolute atomic E-state index is 13.7. The van der Waals surface area contributed by atoms with Gasteiger partial charge in [-0.3, -0.25) is 9.36 Å². The molecule has 0 saturated carbocycles. The second-order valence-electron chi connectivity index (χ2n) is 11.1. The van der Waals surface area contributed by atoms with Crippen molar-refractivity contribution >= 4 is 42.0 Å². The van der Waals surface area contributed by atoms with Crippen LogP contribution in [-0.2, 0) is 18.4 Å². The predicted octanol–water partition coefficient (Wildman–Crippen LogP) is 4.67. The maximum Gasteiger partial charge on any atom is 0.262 e. The van der Waals surface area contributed by atoms with Gasteiger partial charge in [0.1, 0.15) is 24.2 Å². The molecule has 1 aromatic heterocycles. The Kier molecular flexibility index (Phi) is 7.56. The first-order chi connectivity index (χ1) is 16.0. The van der Waals surface area contributed by atoms with Crippen LogP contribution in [-0.4, -0.2) is 51.6 Å². The lowest BCUT2D eigenvalue weighted by Gasteiger charge is -2.33. The number of aromatic nitrogens is 2. The molecule has 2 aromatic rings. The van der Waals surface area contributed by atoms with Crippen LogP contribution in [0.4, 0.5) is 14.7 Å². The van der Waals surface area contributed by atoms with Crippen LogP contribution in [0.3, 0.4) is 0 Å².